The molecule has 4 nitrogen and oxygen atoms in total. The van der Waals surface area contributed by atoms with E-state index in [4.69, 9.17) is 28.7 Å². The number of hydrogen-bond acceptors (Lipinski definition) is 4. The van der Waals surface area contributed by atoms with Crippen molar-refractivity contribution in [1.29, 1.82) is 0 Å². The van der Waals surface area contributed by atoms with E-state index >= 15 is 0 Å². The fraction of sp³-hybridized carbons (Fsp3) is 0.833. The van der Waals surface area contributed by atoms with Crippen molar-refractivity contribution in [3.8, 4) is 0 Å². The van der Waals surface area contributed by atoms with Gasteiger partial charge in [-0.1, -0.05) is 0 Å². The fourth-order valence-electron chi connectivity index (χ4n) is 0.516. The largest absolute Gasteiger partial charge is 0.480 e. The van der Waals surface area contributed by atoms with E-state index in [-0.39, 0.29) is 0 Å². The summed E-state index contributed by atoms with van der Waals surface area (Å²) >= 11 is 12.0. The summed E-state index contributed by atoms with van der Waals surface area (Å²) in [6.45, 7) is 2.16. The van der Waals surface area contributed by atoms with Crippen LogP contribution in [0.4, 0.5) is 0 Å². The minimum absolute atomic E-state index is 0.393. The van der Waals surface area contributed by atoms with Crippen molar-refractivity contribution in [2.45, 2.75) is 12.5 Å². The number of carboxylic acid groups (broad SMARTS) is 1. The van der Waals surface area contributed by atoms with E-state index < -0.39 is 11.5 Å². The third-order valence-corrected chi connectivity index (χ3v) is 3.29. The first-order chi connectivity index (χ1) is 6.06. The van der Waals surface area contributed by atoms with Crippen LogP contribution >= 0.6 is 35.3 Å². The van der Waals surface area contributed by atoms with E-state index in [2.05, 4.69) is 9.67 Å². The summed E-state index contributed by atoms with van der Waals surface area (Å²) in [7, 11) is 0. The van der Waals surface area contributed by atoms with Gasteiger partial charge < -0.3 is 5.11 Å². The SMILES string of the molecule is C[C@](CSCCNCl)(NCl)C(=O)O. The van der Waals surface area contributed by atoms with Crippen molar-refractivity contribution >= 4 is 41.3 Å². The van der Waals surface area contributed by atoms with Gasteiger partial charge in [0.2, 0.25) is 0 Å². The number of aliphatic carboxylic acids is 1. The number of thioether (sulfide) groups is 1. The molecule has 0 aromatic heterocycles. The monoisotopic (exact) mass is 246 g/mol. The highest BCUT2D eigenvalue weighted by atomic mass is 35.5. The molecular weight excluding hydrogens is 235 g/mol. The first-order valence-corrected chi connectivity index (χ1v) is 5.50. The van der Waals surface area contributed by atoms with Crippen LogP contribution < -0.4 is 9.67 Å². The highest BCUT2D eigenvalue weighted by molar-refractivity contribution is 7.99. The summed E-state index contributed by atoms with van der Waals surface area (Å²) in [6.07, 6.45) is 0. The van der Waals surface area contributed by atoms with Gasteiger partial charge in [0.25, 0.3) is 0 Å². The van der Waals surface area contributed by atoms with Gasteiger partial charge >= 0.3 is 5.97 Å². The highest BCUT2D eigenvalue weighted by Crippen LogP contribution is 2.14. The van der Waals surface area contributed by atoms with Gasteiger partial charge in [0.1, 0.15) is 5.54 Å². The molecule has 78 valence electrons. The molecule has 0 aliphatic carbocycles. The molecule has 0 unspecified atom stereocenters. The lowest BCUT2D eigenvalue weighted by atomic mass is 10.1. The van der Waals surface area contributed by atoms with E-state index in [0.717, 1.165) is 5.75 Å². The predicted molar refractivity (Wildman–Crippen MR) is 56.2 cm³/mol. The third-order valence-electron chi connectivity index (χ3n) is 1.41. The summed E-state index contributed by atoms with van der Waals surface area (Å²) in [5.41, 5.74) is -1.08. The number of carboxylic acids is 1. The minimum Gasteiger partial charge on any atom is -0.480 e. The Morgan fingerprint density at radius 2 is 2.23 bits per heavy atom. The van der Waals surface area contributed by atoms with Crippen LogP contribution in [0.1, 0.15) is 6.92 Å². The van der Waals surface area contributed by atoms with E-state index in [9.17, 15) is 4.79 Å². The lowest BCUT2D eigenvalue weighted by Gasteiger charge is -2.21. The molecule has 0 fully saturated rings. The Bertz CT molecular complexity index is 173. The molecule has 0 rings (SSSR count). The number of nitrogens with one attached hydrogen (secondary N) is 2. The average molecular weight is 247 g/mol. The molecule has 7 heteroatoms. The Balaban J connectivity index is 3.78. The second-order valence-electron chi connectivity index (χ2n) is 2.67. The van der Waals surface area contributed by atoms with Crippen LogP contribution in [0.2, 0.25) is 0 Å². The molecule has 0 bridgehead atoms. The van der Waals surface area contributed by atoms with Crippen LogP contribution in [0, 0.1) is 0 Å². The Morgan fingerprint density at radius 3 is 2.62 bits per heavy atom. The molecule has 0 aromatic rings. The van der Waals surface area contributed by atoms with Crippen LogP contribution in [0.3, 0.4) is 0 Å². The molecular formula is C6H12Cl2N2O2S. The lowest BCUT2D eigenvalue weighted by Crippen LogP contribution is -2.47. The van der Waals surface area contributed by atoms with E-state index in [1.54, 1.807) is 0 Å². The van der Waals surface area contributed by atoms with Crippen molar-refractivity contribution in [3.05, 3.63) is 0 Å². The first-order valence-electron chi connectivity index (χ1n) is 3.59. The number of halogens is 2. The lowest BCUT2D eigenvalue weighted by molar-refractivity contribution is -0.142. The Labute approximate surface area is 91.6 Å². The summed E-state index contributed by atoms with van der Waals surface area (Å²) in [4.78, 5) is 15.4. The molecule has 0 radical (unpaired) electrons. The summed E-state index contributed by atoms with van der Waals surface area (Å²) in [5.74, 6) is 0.170. The average Bonchev–Trinajstić information content (AvgIpc) is 2.12. The van der Waals surface area contributed by atoms with Crippen LogP contribution in [0.15, 0.2) is 0 Å². The van der Waals surface area contributed by atoms with Crippen molar-refractivity contribution in [1.82, 2.24) is 9.67 Å². The third kappa shape index (κ3) is 4.93. The zero-order chi connectivity index (χ0) is 10.3. The molecule has 0 aliphatic rings. The zero-order valence-corrected chi connectivity index (χ0v) is 9.47. The Morgan fingerprint density at radius 1 is 1.62 bits per heavy atom. The maximum Gasteiger partial charge on any atom is 0.325 e. The fourth-order valence-corrected chi connectivity index (χ4v) is 1.94. The maximum absolute atomic E-state index is 10.7. The summed E-state index contributed by atoms with van der Waals surface area (Å²) in [5, 5.41) is 8.79. The molecule has 0 saturated heterocycles. The van der Waals surface area contributed by atoms with Gasteiger partial charge in [-0.2, -0.15) is 11.8 Å². The van der Waals surface area contributed by atoms with Gasteiger partial charge in [-0.25, -0.2) is 9.67 Å². The topological polar surface area (TPSA) is 61.4 Å². The number of carbonyl (C=O) groups is 1. The predicted octanol–water partition coefficient (Wildman–Crippen LogP) is 1.05. The zero-order valence-electron chi connectivity index (χ0n) is 7.14. The maximum atomic E-state index is 10.7. The van der Waals surface area contributed by atoms with Gasteiger partial charge in [-0.05, 0) is 30.5 Å². The minimum atomic E-state index is -1.08. The van der Waals surface area contributed by atoms with E-state index in [1.165, 1.54) is 18.7 Å². The molecule has 0 heterocycles. The smallest absolute Gasteiger partial charge is 0.325 e. The van der Waals surface area contributed by atoms with Gasteiger partial charge in [-0.3, -0.25) is 4.79 Å². The molecule has 13 heavy (non-hydrogen) atoms. The molecule has 0 spiro atoms. The quantitative estimate of drug-likeness (QED) is 0.463. The molecule has 0 saturated carbocycles. The summed E-state index contributed by atoms with van der Waals surface area (Å²) < 4.78 is 0. The van der Waals surface area contributed by atoms with Gasteiger partial charge in [0, 0.05) is 18.1 Å². The van der Waals surface area contributed by atoms with Crippen molar-refractivity contribution in [2.24, 2.45) is 0 Å². The Hall–Kier alpha value is 0.320. The van der Waals surface area contributed by atoms with E-state index in [0.29, 0.717) is 12.3 Å². The van der Waals surface area contributed by atoms with Crippen molar-refractivity contribution in [3.63, 3.8) is 0 Å². The normalized spacial score (nSPS) is 15.3. The van der Waals surface area contributed by atoms with Gasteiger partial charge in [-0.15, -0.1) is 0 Å². The number of hydrogen-bond donors (Lipinski definition) is 3. The van der Waals surface area contributed by atoms with E-state index in [1.807, 2.05) is 0 Å². The Kier molecular flexibility index (Phi) is 6.89. The molecule has 0 amide bonds. The van der Waals surface area contributed by atoms with Crippen LogP contribution in [-0.4, -0.2) is 34.7 Å². The second kappa shape index (κ2) is 6.73. The first kappa shape index (κ1) is 13.3. The standard InChI is InChI=1S/C6H12Cl2N2O2S/c1-6(10-8,5(11)12)4-13-3-2-9-7/h9-10H,2-4H2,1H3,(H,11,12)/t6-/m1/s1. The van der Waals surface area contributed by atoms with Crippen LogP contribution in [-0.2, 0) is 4.79 Å². The number of rotatable bonds is 7. The second-order valence-corrected chi connectivity index (χ2v) is 4.23. The van der Waals surface area contributed by atoms with Gasteiger partial charge in [0.05, 0.1) is 0 Å². The summed E-state index contributed by atoms with van der Waals surface area (Å²) in [6, 6.07) is 0. The molecule has 0 aromatic carbocycles. The molecule has 3 N–H and O–H groups in total. The molecule has 0 aliphatic heterocycles. The highest BCUT2D eigenvalue weighted by Gasteiger charge is 2.31. The van der Waals surface area contributed by atoms with Crippen LogP contribution in [0.25, 0.3) is 0 Å². The van der Waals surface area contributed by atoms with Gasteiger partial charge in [0.15, 0.2) is 0 Å². The molecule has 1 atom stereocenters. The van der Waals surface area contributed by atoms with Crippen molar-refractivity contribution in [2.75, 3.05) is 18.1 Å². The van der Waals surface area contributed by atoms with Crippen molar-refractivity contribution < 1.29 is 9.90 Å². The van der Waals surface area contributed by atoms with Crippen LogP contribution in [0.5, 0.6) is 0 Å².